The molecule has 182 valence electrons. The van der Waals surface area contributed by atoms with Gasteiger partial charge in [0.2, 0.25) is 0 Å². The molecule has 4 aromatic rings. The normalized spacial score (nSPS) is 16.5. The van der Waals surface area contributed by atoms with Crippen LogP contribution in [-0.4, -0.2) is 38.7 Å². The zero-order valence-electron chi connectivity index (χ0n) is 20.9. The van der Waals surface area contributed by atoms with Gasteiger partial charge in [-0.05, 0) is 62.0 Å². The third-order valence-electron chi connectivity index (χ3n) is 8.36. The molecule has 6 rings (SSSR count). The quantitative estimate of drug-likeness (QED) is 0.347. The molecule has 1 fully saturated rings. The molecule has 0 saturated heterocycles. The van der Waals surface area contributed by atoms with Gasteiger partial charge in [0.15, 0.2) is 0 Å². The van der Waals surface area contributed by atoms with Gasteiger partial charge in [-0.25, -0.2) is 4.79 Å². The molecule has 1 aliphatic carbocycles. The summed E-state index contributed by atoms with van der Waals surface area (Å²) < 4.78 is 4.94. The van der Waals surface area contributed by atoms with E-state index in [1.54, 1.807) is 6.07 Å². The van der Waals surface area contributed by atoms with Crippen LogP contribution in [0.25, 0.3) is 33.1 Å². The Hall–Kier alpha value is -3.05. The number of carbonyl (C=O) groups is 1. The van der Waals surface area contributed by atoms with E-state index in [1.165, 1.54) is 70.8 Å². The summed E-state index contributed by atoms with van der Waals surface area (Å²) in [6, 6.07) is 12.6. The highest BCUT2D eigenvalue weighted by molar-refractivity contribution is 6.03. The number of aromatic carboxylic acids is 1. The van der Waals surface area contributed by atoms with Crippen LogP contribution in [-0.2, 0) is 19.6 Å². The molecule has 0 amide bonds. The van der Waals surface area contributed by atoms with Crippen molar-refractivity contribution in [1.29, 1.82) is 0 Å². The van der Waals surface area contributed by atoms with Gasteiger partial charge in [-0.2, -0.15) is 0 Å². The minimum atomic E-state index is -0.854. The second-order valence-electron chi connectivity index (χ2n) is 10.5. The van der Waals surface area contributed by atoms with Crippen molar-refractivity contribution in [2.75, 3.05) is 13.6 Å². The minimum Gasteiger partial charge on any atom is -0.478 e. The van der Waals surface area contributed by atoms with Gasteiger partial charge >= 0.3 is 5.97 Å². The van der Waals surface area contributed by atoms with E-state index in [0.29, 0.717) is 11.5 Å². The van der Waals surface area contributed by atoms with E-state index in [4.69, 9.17) is 0 Å². The molecule has 0 unspecified atom stereocenters. The zero-order valence-corrected chi connectivity index (χ0v) is 20.9. The maximum Gasteiger partial charge on any atom is 0.335 e. The summed E-state index contributed by atoms with van der Waals surface area (Å²) in [5.74, 6) is -0.324. The standard InChI is InChI=1S/C30H35N3O2/c1-3-31(2)18-22-19-32-15-8-16-33-26-17-21(30(34)35)13-14-24(26)27(20-9-5-4-6-10-20)29(33)25-12-7-11-23(22)28(25)32/h7,11-14,17,19-20H,3-6,8-10,15-16,18H2,1-2H3,(H,34,35). The van der Waals surface area contributed by atoms with E-state index >= 15 is 0 Å². The Balaban J connectivity index is 1.66. The van der Waals surface area contributed by atoms with E-state index in [2.05, 4.69) is 58.5 Å². The molecular weight excluding hydrogens is 434 g/mol. The Morgan fingerprint density at radius 1 is 1.06 bits per heavy atom. The van der Waals surface area contributed by atoms with Crippen molar-refractivity contribution in [3.8, 4) is 11.3 Å². The molecule has 5 heteroatoms. The summed E-state index contributed by atoms with van der Waals surface area (Å²) in [6.07, 6.45) is 9.71. The summed E-state index contributed by atoms with van der Waals surface area (Å²) in [5.41, 5.74) is 8.28. The molecule has 1 N–H and O–H groups in total. The average Bonchev–Trinajstić information content (AvgIpc) is 3.38. The Morgan fingerprint density at radius 3 is 2.66 bits per heavy atom. The first-order valence-electron chi connectivity index (χ1n) is 13.3. The van der Waals surface area contributed by atoms with Gasteiger partial charge in [-0.1, -0.05) is 50.5 Å². The van der Waals surface area contributed by atoms with Gasteiger partial charge in [-0.15, -0.1) is 0 Å². The number of carboxylic acid groups (broad SMARTS) is 1. The van der Waals surface area contributed by atoms with E-state index in [-0.39, 0.29) is 0 Å². The van der Waals surface area contributed by atoms with Crippen molar-refractivity contribution in [3.05, 3.63) is 59.3 Å². The van der Waals surface area contributed by atoms with Crippen molar-refractivity contribution >= 4 is 27.8 Å². The van der Waals surface area contributed by atoms with E-state index < -0.39 is 5.97 Å². The number of aryl methyl sites for hydroxylation is 2. The predicted octanol–water partition coefficient (Wildman–Crippen LogP) is 6.86. The first kappa shape index (κ1) is 22.4. The lowest BCUT2D eigenvalue weighted by molar-refractivity contribution is 0.0697. The fourth-order valence-corrected chi connectivity index (χ4v) is 6.57. The Morgan fingerprint density at radius 2 is 1.89 bits per heavy atom. The molecule has 0 radical (unpaired) electrons. The molecule has 3 heterocycles. The number of rotatable bonds is 5. The Kier molecular flexibility index (Phi) is 5.68. The van der Waals surface area contributed by atoms with Crippen molar-refractivity contribution < 1.29 is 9.90 Å². The third kappa shape index (κ3) is 3.68. The lowest BCUT2D eigenvalue weighted by atomic mass is 9.81. The summed E-state index contributed by atoms with van der Waals surface area (Å²) in [7, 11) is 2.18. The molecule has 5 nitrogen and oxygen atoms in total. The number of aromatic nitrogens is 2. The predicted molar refractivity (Wildman–Crippen MR) is 142 cm³/mol. The summed E-state index contributed by atoms with van der Waals surface area (Å²) in [4.78, 5) is 14.2. The maximum absolute atomic E-state index is 11.9. The van der Waals surface area contributed by atoms with Crippen LogP contribution in [0, 0.1) is 0 Å². The molecule has 2 aliphatic rings. The van der Waals surface area contributed by atoms with Crippen LogP contribution in [0.4, 0.5) is 0 Å². The van der Waals surface area contributed by atoms with Gasteiger partial charge < -0.3 is 19.1 Å². The van der Waals surface area contributed by atoms with E-state index in [1.807, 2.05) is 6.07 Å². The summed E-state index contributed by atoms with van der Waals surface area (Å²) >= 11 is 0. The van der Waals surface area contributed by atoms with Crippen molar-refractivity contribution in [1.82, 2.24) is 14.0 Å². The van der Waals surface area contributed by atoms with Crippen LogP contribution in [0.15, 0.2) is 42.6 Å². The molecule has 0 bridgehead atoms. The third-order valence-corrected chi connectivity index (χ3v) is 8.36. The van der Waals surface area contributed by atoms with Crippen LogP contribution in [0.2, 0.25) is 0 Å². The first-order chi connectivity index (χ1) is 17.1. The number of para-hydroxylation sites is 1. The van der Waals surface area contributed by atoms with Crippen molar-refractivity contribution in [2.24, 2.45) is 0 Å². The van der Waals surface area contributed by atoms with Crippen LogP contribution < -0.4 is 0 Å². The molecular formula is C30H35N3O2. The van der Waals surface area contributed by atoms with Gasteiger partial charge in [0, 0.05) is 47.7 Å². The monoisotopic (exact) mass is 469 g/mol. The first-order valence-corrected chi connectivity index (χ1v) is 13.3. The lowest BCUT2D eigenvalue weighted by Crippen LogP contribution is -2.16. The molecule has 2 aromatic heterocycles. The van der Waals surface area contributed by atoms with Crippen LogP contribution in [0.3, 0.4) is 0 Å². The zero-order chi connectivity index (χ0) is 24.1. The topological polar surface area (TPSA) is 50.4 Å². The summed E-state index contributed by atoms with van der Waals surface area (Å²) in [5, 5.41) is 12.3. The lowest BCUT2D eigenvalue weighted by Gasteiger charge is -2.25. The SMILES string of the molecule is CCN(C)Cc1cn2c3c(cccc13)-c1c(C3CCCCC3)c3ccc(C(=O)O)cc3n1CCC2. The number of fused-ring (bicyclic) bond motifs is 4. The average molecular weight is 470 g/mol. The molecule has 0 atom stereocenters. The van der Waals surface area contributed by atoms with E-state index in [9.17, 15) is 9.90 Å². The Bertz CT molecular complexity index is 1420. The number of nitrogens with zero attached hydrogens (tertiary/aromatic N) is 3. The van der Waals surface area contributed by atoms with Gasteiger partial charge in [0.1, 0.15) is 0 Å². The molecule has 0 spiro atoms. The van der Waals surface area contributed by atoms with Crippen molar-refractivity contribution in [3.63, 3.8) is 0 Å². The Labute approximate surface area is 207 Å². The number of hydrogen-bond acceptors (Lipinski definition) is 2. The second kappa shape index (κ2) is 8.87. The maximum atomic E-state index is 11.9. The fraction of sp³-hybridized carbons (Fsp3) is 0.433. The number of carboxylic acids is 1. The highest BCUT2D eigenvalue weighted by Crippen LogP contribution is 2.47. The highest BCUT2D eigenvalue weighted by Gasteiger charge is 2.29. The van der Waals surface area contributed by atoms with Crippen molar-refractivity contribution in [2.45, 2.75) is 71.0 Å². The molecule has 35 heavy (non-hydrogen) atoms. The summed E-state index contributed by atoms with van der Waals surface area (Å²) in [6.45, 7) is 6.06. The van der Waals surface area contributed by atoms with Crippen LogP contribution in [0.5, 0.6) is 0 Å². The molecule has 1 saturated carbocycles. The van der Waals surface area contributed by atoms with Crippen LogP contribution >= 0.6 is 0 Å². The smallest absolute Gasteiger partial charge is 0.335 e. The van der Waals surface area contributed by atoms with Gasteiger partial charge in [-0.3, -0.25) is 0 Å². The number of hydrogen-bond donors (Lipinski definition) is 1. The van der Waals surface area contributed by atoms with Gasteiger partial charge in [0.05, 0.1) is 16.8 Å². The van der Waals surface area contributed by atoms with Gasteiger partial charge in [0.25, 0.3) is 0 Å². The minimum absolute atomic E-state index is 0.376. The van der Waals surface area contributed by atoms with Crippen LogP contribution in [0.1, 0.15) is 72.9 Å². The second-order valence-corrected chi connectivity index (χ2v) is 10.5. The number of benzene rings is 2. The van der Waals surface area contributed by atoms with E-state index in [0.717, 1.165) is 38.1 Å². The fourth-order valence-electron chi connectivity index (χ4n) is 6.57. The molecule has 1 aliphatic heterocycles. The highest BCUT2D eigenvalue weighted by atomic mass is 16.4. The molecule has 2 aromatic carbocycles. The largest absolute Gasteiger partial charge is 0.478 e.